The molecule has 2 heterocycles. The van der Waals surface area contributed by atoms with Crippen LogP contribution >= 0.6 is 11.6 Å². The molecule has 0 saturated carbocycles. The lowest BCUT2D eigenvalue weighted by molar-refractivity contribution is 0.104. The van der Waals surface area contributed by atoms with Gasteiger partial charge < -0.3 is 0 Å². The number of aromatic nitrogens is 4. The Morgan fingerprint density at radius 2 is 2.16 bits per heavy atom. The molecule has 2 aromatic rings. The first kappa shape index (κ1) is 13.5. The first-order valence-corrected chi connectivity index (χ1v) is 6.34. The molecule has 0 spiro atoms. The van der Waals surface area contributed by atoms with Crippen molar-refractivity contribution in [3.05, 3.63) is 40.4 Å². The quantitative estimate of drug-likeness (QED) is 0.638. The molecule has 0 unspecified atom stereocenters. The maximum Gasteiger partial charge on any atom is 0.189 e. The summed E-state index contributed by atoms with van der Waals surface area (Å²) in [5.41, 5.74) is 1.89. The Balaban J connectivity index is 2.20. The second kappa shape index (κ2) is 5.40. The van der Waals surface area contributed by atoms with Crippen LogP contribution in [0.2, 0.25) is 5.02 Å². The fourth-order valence-corrected chi connectivity index (χ4v) is 1.99. The van der Waals surface area contributed by atoms with Gasteiger partial charge in [-0.25, -0.2) is 0 Å². The van der Waals surface area contributed by atoms with Gasteiger partial charge in [0.1, 0.15) is 5.69 Å². The highest BCUT2D eigenvalue weighted by Crippen LogP contribution is 2.16. The van der Waals surface area contributed by atoms with Gasteiger partial charge >= 0.3 is 0 Å². The molecule has 0 bridgehead atoms. The zero-order valence-corrected chi connectivity index (χ0v) is 11.8. The second-order valence-electron chi connectivity index (χ2n) is 4.22. The van der Waals surface area contributed by atoms with Crippen molar-refractivity contribution in [2.24, 2.45) is 7.05 Å². The molecule has 0 aliphatic heterocycles. The van der Waals surface area contributed by atoms with Crippen LogP contribution in [0, 0.1) is 6.92 Å². The standard InChI is InChI=1S/C13H15ClN4O/c1-4-18-8-11(14)12(16-18)5-6-13(19)10-7-17(3)15-9(10)2/h5-8H,4H2,1-3H3/b6-5+. The molecular formula is C13H15ClN4O. The first-order chi connectivity index (χ1) is 9.01. The van der Waals surface area contributed by atoms with Gasteiger partial charge in [-0.3, -0.25) is 14.2 Å². The van der Waals surface area contributed by atoms with Crippen LogP contribution in [-0.4, -0.2) is 25.3 Å². The number of nitrogens with zero attached hydrogens (tertiary/aromatic N) is 4. The van der Waals surface area contributed by atoms with E-state index in [1.807, 2.05) is 6.92 Å². The van der Waals surface area contributed by atoms with Gasteiger partial charge in [0.15, 0.2) is 5.78 Å². The van der Waals surface area contributed by atoms with E-state index in [2.05, 4.69) is 10.2 Å². The van der Waals surface area contributed by atoms with Gasteiger partial charge in [0.25, 0.3) is 0 Å². The van der Waals surface area contributed by atoms with Gasteiger partial charge in [0.2, 0.25) is 0 Å². The second-order valence-corrected chi connectivity index (χ2v) is 4.62. The molecule has 19 heavy (non-hydrogen) atoms. The topological polar surface area (TPSA) is 52.7 Å². The van der Waals surface area contributed by atoms with Crippen LogP contribution < -0.4 is 0 Å². The summed E-state index contributed by atoms with van der Waals surface area (Å²) >= 11 is 6.03. The van der Waals surface area contributed by atoms with Crippen molar-refractivity contribution in [1.29, 1.82) is 0 Å². The minimum Gasteiger partial charge on any atom is -0.289 e. The number of aryl methyl sites for hydroxylation is 3. The van der Waals surface area contributed by atoms with Crippen molar-refractivity contribution in [1.82, 2.24) is 19.6 Å². The fourth-order valence-electron chi connectivity index (χ4n) is 1.77. The first-order valence-electron chi connectivity index (χ1n) is 5.97. The van der Waals surface area contributed by atoms with E-state index in [1.165, 1.54) is 6.08 Å². The molecular weight excluding hydrogens is 264 g/mol. The van der Waals surface area contributed by atoms with Gasteiger partial charge in [0, 0.05) is 26.0 Å². The molecule has 0 N–H and O–H groups in total. The molecule has 0 amide bonds. The average molecular weight is 279 g/mol. The third-order valence-corrected chi connectivity index (χ3v) is 3.03. The number of allylic oxidation sites excluding steroid dienone is 1. The molecule has 2 aromatic heterocycles. The van der Waals surface area contributed by atoms with Gasteiger partial charge in [-0.15, -0.1) is 0 Å². The van der Waals surface area contributed by atoms with Crippen LogP contribution in [0.5, 0.6) is 0 Å². The number of rotatable bonds is 4. The molecule has 0 aliphatic carbocycles. The van der Waals surface area contributed by atoms with Crippen LogP contribution in [0.15, 0.2) is 18.5 Å². The lowest BCUT2D eigenvalue weighted by Gasteiger charge is -1.91. The molecule has 2 rings (SSSR count). The van der Waals surface area contributed by atoms with Crippen molar-refractivity contribution in [3.8, 4) is 0 Å². The monoisotopic (exact) mass is 278 g/mol. The predicted molar refractivity (Wildman–Crippen MR) is 74.2 cm³/mol. The van der Waals surface area contributed by atoms with E-state index in [1.54, 1.807) is 41.8 Å². The molecule has 5 nitrogen and oxygen atoms in total. The summed E-state index contributed by atoms with van der Waals surface area (Å²) in [5.74, 6) is -0.104. The largest absolute Gasteiger partial charge is 0.289 e. The van der Waals surface area contributed by atoms with Crippen molar-refractivity contribution in [2.75, 3.05) is 0 Å². The molecule has 0 fully saturated rings. The van der Waals surface area contributed by atoms with Crippen molar-refractivity contribution >= 4 is 23.5 Å². The Labute approximate surface area is 116 Å². The van der Waals surface area contributed by atoms with E-state index >= 15 is 0 Å². The third-order valence-electron chi connectivity index (χ3n) is 2.74. The van der Waals surface area contributed by atoms with Crippen LogP contribution in [0.4, 0.5) is 0 Å². The van der Waals surface area contributed by atoms with Gasteiger partial charge in [-0.1, -0.05) is 11.6 Å². The highest BCUT2D eigenvalue weighted by atomic mass is 35.5. The molecule has 0 saturated heterocycles. The van der Waals surface area contributed by atoms with E-state index in [-0.39, 0.29) is 5.78 Å². The summed E-state index contributed by atoms with van der Waals surface area (Å²) in [6, 6.07) is 0. The Morgan fingerprint density at radius 1 is 1.42 bits per heavy atom. The van der Waals surface area contributed by atoms with Crippen LogP contribution in [0.3, 0.4) is 0 Å². The zero-order valence-electron chi connectivity index (χ0n) is 11.1. The molecule has 100 valence electrons. The fraction of sp³-hybridized carbons (Fsp3) is 0.308. The summed E-state index contributed by atoms with van der Waals surface area (Å²) in [6.45, 7) is 4.52. The maximum absolute atomic E-state index is 12.0. The zero-order chi connectivity index (χ0) is 14.0. The van der Waals surface area contributed by atoms with Crippen LogP contribution in [0.25, 0.3) is 6.08 Å². The third kappa shape index (κ3) is 2.93. The smallest absolute Gasteiger partial charge is 0.189 e. The number of halogens is 1. The van der Waals surface area contributed by atoms with Crippen LogP contribution in [0.1, 0.15) is 28.7 Å². The maximum atomic E-state index is 12.0. The lowest BCUT2D eigenvalue weighted by Crippen LogP contribution is -1.96. The van der Waals surface area contributed by atoms with Crippen molar-refractivity contribution in [3.63, 3.8) is 0 Å². The van der Waals surface area contributed by atoms with Crippen LogP contribution in [-0.2, 0) is 13.6 Å². The summed E-state index contributed by atoms with van der Waals surface area (Å²) in [4.78, 5) is 12.0. The number of ketones is 1. The Hall–Kier alpha value is -1.88. The molecule has 0 aromatic carbocycles. The number of hydrogen-bond donors (Lipinski definition) is 0. The lowest BCUT2D eigenvalue weighted by atomic mass is 10.1. The normalized spacial score (nSPS) is 11.4. The highest BCUT2D eigenvalue weighted by molar-refractivity contribution is 6.31. The van der Waals surface area contributed by atoms with Crippen molar-refractivity contribution in [2.45, 2.75) is 20.4 Å². The van der Waals surface area contributed by atoms with Crippen molar-refractivity contribution < 1.29 is 4.79 Å². The minimum atomic E-state index is -0.104. The molecule has 6 heteroatoms. The van der Waals surface area contributed by atoms with Gasteiger partial charge in [-0.2, -0.15) is 10.2 Å². The van der Waals surface area contributed by atoms with E-state index in [0.29, 0.717) is 22.0 Å². The number of carbonyl (C=O) groups is 1. The Kier molecular flexibility index (Phi) is 3.85. The Bertz CT molecular complexity index is 639. The highest BCUT2D eigenvalue weighted by Gasteiger charge is 2.10. The van der Waals surface area contributed by atoms with E-state index < -0.39 is 0 Å². The van der Waals surface area contributed by atoms with E-state index in [4.69, 9.17) is 11.6 Å². The SMILES string of the molecule is CCn1cc(Cl)c(/C=C/C(=O)c2cn(C)nc2C)n1. The molecule has 0 aliphatic rings. The summed E-state index contributed by atoms with van der Waals surface area (Å²) in [7, 11) is 1.78. The van der Waals surface area contributed by atoms with E-state index in [0.717, 1.165) is 6.54 Å². The predicted octanol–water partition coefficient (Wildman–Crippen LogP) is 2.49. The minimum absolute atomic E-state index is 0.104. The van der Waals surface area contributed by atoms with Gasteiger partial charge in [-0.05, 0) is 26.0 Å². The molecule has 0 atom stereocenters. The average Bonchev–Trinajstić information content (AvgIpc) is 2.89. The number of hydrogen-bond acceptors (Lipinski definition) is 3. The Morgan fingerprint density at radius 3 is 2.68 bits per heavy atom. The summed E-state index contributed by atoms with van der Waals surface area (Å²) in [6.07, 6.45) is 6.54. The summed E-state index contributed by atoms with van der Waals surface area (Å²) in [5, 5.41) is 8.92. The number of carbonyl (C=O) groups excluding carboxylic acids is 1. The molecule has 0 radical (unpaired) electrons. The van der Waals surface area contributed by atoms with Gasteiger partial charge in [0.05, 0.1) is 16.3 Å². The summed E-state index contributed by atoms with van der Waals surface area (Å²) < 4.78 is 3.34. The van der Waals surface area contributed by atoms with E-state index in [9.17, 15) is 4.79 Å².